The Morgan fingerprint density at radius 2 is 1.95 bits per heavy atom. The van der Waals surface area contributed by atoms with Crippen molar-refractivity contribution in [2.45, 2.75) is 51.5 Å². The van der Waals surface area contributed by atoms with E-state index in [9.17, 15) is 0 Å². The van der Waals surface area contributed by atoms with Crippen molar-refractivity contribution < 1.29 is 0 Å². The average molecular weight is 260 g/mol. The molecule has 0 bridgehead atoms. The summed E-state index contributed by atoms with van der Waals surface area (Å²) in [7, 11) is 2.05. The van der Waals surface area contributed by atoms with Crippen LogP contribution in [0.15, 0.2) is 24.3 Å². The summed E-state index contributed by atoms with van der Waals surface area (Å²) in [6, 6.07) is 9.93. The third-order valence-electron chi connectivity index (χ3n) is 4.25. The van der Waals surface area contributed by atoms with Gasteiger partial charge < -0.3 is 10.2 Å². The lowest BCUT2D eigenvalue weighted by Crippen LogP contribution is -2.41. The molecule has 106 valence electrons. The topological polar surface area (TPSA) is 15.3 Å². The minimum atomic E-state index is 0.621. The first-order chi connectivity index (χ1) is 9.22. The SMILES string of the molecule is CNCCC1CCCCN1c1ccc(C(C)C)cc1. The number of hydrogen-bond donors (Lipinski definition) is 1. The standard InChI is InChI=1S/C17H28N2/c1-14(2)15-7-9-17(10-8-15)19-13-5-4-6-16(19)11-12-18-3/h7-10,14,16,18H,4-6,11-13H2,1-3H3. The van der Waals surface area contributed by atoms with Crippen molar-refractivity contribution in [2.75, 3.05) is 25.0 Å². The third kappa shape index (κ3) is 3.73. The second-order valence-electron chi connectivity index (χ2n) is 5.98. The maximum Gasteiger partial charge on any atom is 0.0368 e. The van der Waals surface area contributed by atoms with Gasteiger partial charge in [-0.1, -0.05) is 26.0 Å². The predicted molar refractivity (Wildman–Crippen MR) is 84.1 cm³/mol. The van der Waals surface area contributed by atoms with E-state index in [2.05, 4.69) is 48.3 Å². The maximum atomic E-state index is 3.28. The summed E-state index contributed by atoms with van der Waals surface area (Å²) in [4.78, 5) is 2.62. The van der Waals surface area contributed by atoms with E-state index in [0.717, 1.165) is 6.54 Å². The quantitative estimate of drug-likeness (QED) is 0.867. The Kier molecular flexibility index (Phi) is 5.26. The fraction of sp³-hybridized carbons (Fsp3) is 0.647. The van der Waals surface area contributed by atoms with Crippen LogP contribution in [0.3, 0.4) is 0 Å². The number of nitrogens with zero attached hydrogens (tertiary/aromatic N) is 1. The monoisotopic (exact) mass is 260 g/mol. The number of piperidine rings is 1. The highest BCUT2D eigenvalue weighted by Crippen LogP contribution is 2.27. The molecule has 1 fully saturated rings. The van der Waals surface area contributed by atoms with E-state index in [1.807, 2.05) is 7.05 Å². The van der Waals surface area contributed by atoms with Crippen molar-refractivity contribution in [1.29, 1.82) is 0 Å². The molecule has 1 unspecified atom stereocenters. The van der Waals surface area contributed by atoms with Crippen molar-refractivity contribution in [3.63, 3.8) is 0 Å². The van der Waals surface area contributed by atoms with Crippen molar-refractivity contribution in [3.8, 4) is 0 Å². The molecule has 2 heteroatoms. The fourth-order valence-electron chi connectivity index (χ4n) is 3.00. The van der Waals surface area contributed by atoms with Gasteiger partial charge in [0.05, 0.1) is 0 Å². The Balaban J connectivity index is 2.08. The first-order valence-corrected chi connectivity index (χ1v) is 7.73. The molecule has 1 atom stereocenters. The van der Waals surface area contributed by atoms with E-state index >= 15 is 0 Å². The van der Waals surface area contributed by atoms with Gasteiger partial charge in [-0.3, -0.25) is 0 Å². The van der Waals surface area contributed by atoms with Crippen LogP contribution in [0.2, 0.25) is 0 Å². The molecule has 1 aromatic carbocycles. The molecule has 0 aliphatic carbocycles. The Morgan fingerprint density at radius 1 is 1.21 bits per heavy atom. The molecule has 1 saturated heterocycles. The molecule has 2 nitrogen and oxygen atoms in total. The van der Waals surface area contributed by atoms with Crippen molar-refractivity contribution in [1.82, 2.24) is 5.32 Å². The first kappa shape index (κ1) is 14.4. The lowest BCUT2D eigenvalue weighted by molar-refractivity contribution is 0.433. The number of anilines is 1. The van der Waals surface area contributed by atoms with Crippen molar-refractivity contribution in [2.24, 2.45) is 0 Å². The van der Waals surface area contributed by atoms with Gasteiger partial charge in [-0.15, -0.1) is 0 Å². The van der Waals surface area contributed by atoms with Crippen LogP contribution in [0.25, 0.3) is 0 Å². The van der Waals surface area contributed by atoms with Gasteiger partial charge in [0.15, 0.2) is 0 Å². The molecule has 0 spiro atoms. The Morgan fingerprint density at radius 3 is 2.58 bits per heavy atom. The van der Waals surface area contributed by atoms with Crippen LogP contribution in [-0.4, -0.2) is 26.2 Å². The summed E-state index contributed by atoms with van der Waals surface area (Å²) in [5.41, 5.74) is 2.85. The van der Waals surface area contributed by atoms with Gasteiger partial charge in [-0.2, -0.15) is 0 Å². The molecular weight excluding hydrogens is 232 g/mol. The van der Waals surface area contributed by atoms with E-state index in [0.29, 0.717) is 12.0 Å². The van der Waals surface area contributed by atoms with E-state index in [1.165, 1.54) is 43.5 Å². The van der Waals surface area contributed by atoms with Crippen LogP contribution in [0.4, 0.5) is 5.69 Å². The minimum absolute atomic E-state index is 0.621. The second kappa shape index (κ2) is 6.95. The molecular formula is C17H28N2. The van der Waals surface area contributed by atoms with Crippen LogP contribution < -0.4 is 10.2 Å². The van der Waals surface area contributed by atoms with E-state index < -0.39 is 0 Å². The van der Waals surface area contributed by atoms with E-state index in [-0.39, 0.29) is 0 Å². The maximum absolute atomic E-state index is 3.28. The number of nitrogens with one attached hydrogen (secondary N) is 1. The minimum Gasteiger partial charge on any atom is -0.369 e. The molecule has 1 N–H and O–H groups in total. The Bertz CT molecular complexity index is 369. The molecule has 1 aliphatic heterocycles. The van der Waals surface area contributed by atoms with Gasteiger partial charge in [-0.25, -0.2) is 0 Å². The molecule has 1 aliphatic rings. The lowest BCUT2D eigenvalue weighted by atomic mass is 9.97. The fourth-order valence-corrected chi connectivity index (χ4v) is 3.00. The van der Waals surface area contributed by atoms with E-state index in [4.69, 9.17) is 0 Å². The zero-order chi connectivity index (χ0) is 13.7. The summed E-state index contributed by atoms with van der Waals surface area (Å²) in [5, 5.41) is 3.28. The van der Waals surface area contributed by atoms with Gasteiger partial charge in [0.25, 0.3) is 0 Å². The predicted octanol–water partition coefficient (Wildman–Crippen LogP) is 3.78. The Labute approximate surface area is 118 Å². The smallest absolute Gasteiger partial charge is 0.0368 e. The molecule has 0 saturated carbocycles. The first-order valence-electron chi connectivity index (χ1n) is 7.73. The van der Waals surface area contributed by atoms with Gasteiger partial charge in [-0.05, 0) is 62.9 Å². The summed E-state index contributed by atoms with van der Waals surface area (Å²) in [6.45, 7) is 6.85. The van der Waals surface area contributed by atoms with Gasteiger partial charge in [0, 0.05) is 18.3 Å². The molecule has 0 aromatic heterocycles. The van der Waals surface area contributed by atoms with Gasteiger partial charge >= 0.3 is 0 Å². The van der Waals surface area contributed by atoms with Crippen LogP contribution in [-0.2, 0) is 0 Å². The largest absolute Gasteiger partial charge is 0.369 e. The highest BCUT2D eigenvalue weighted by atomic mass is 15.2. The molecule has 1 heterocycles. The van der Waals surface area contributed by atoms with Crippen molar-refractivity contribution in [3.05, 3.63) is 29.8 Å². The van der Waals surface area contributed by atoms with Crippen LogP contribution in [0, 0.1) is 0 Å². The summed E-state index contributed by atoms with van der Waals surface area (Å²) < 4.78 is 0. The molecule has 2 rings (SSSR count). The van der Waals surface area contributed by atoms with Crippen LogP contribution in [0.1, 0.15) is 51.0 Å². The molecule has 19 heavy (non-hydrogen) atoms. The lowest BCUT2D eigenvalue weighted by Gasteiger charge is -2.38. The molecule has 0 radical (unpaired) electrons. The summed E-state index contributed by atoms with van der Waals surface area (Å²) in [5.74, 6) is 0.621. The van der Waals surface area contributed by atoms with Gasteiger partial charge in [0.2, 0.25) is 0 Å². The average Bonchev–Trinajstić information content (AvgIpc) is 2.45. The zero-order valence-electron chi connectivity index (χ0n) is 12.7. The zero-order valence-corrected chi connectivity index (χ0v) is 12.7. The molecule has 0 amide bonds. The van der Waals surface area contributed by atoms with Gasteiger partial charge in [0.1, 0.15) is 0 Å². The normalized spacial score (nSPS) is 20.0. The molecule has 1 aromatic rings. The highest BCUT2D eigenvalue weighted by Gasteiger charge is 2.22. The van der Waals surface area contributed by atoms with Crippen LogP contribution >= 0.6 is 0 Å². The third-order valence-corrected chi connectivity index (χ3v) is 4.25. The number of hydrogen-bond acceptors (Lipinski definition) is 2. The second-order valence-corrected chi connectivity index (χ2v) is 5.98. The van der Waals surface area contributed by atoms with Crippen molar-refractivity contribution >= 4 is 5.69 Å². The number of rotatable bonds is 5. The summed E-state index contributed by atoms with van der Waals surface area (Å²) >= 11 is 0. The van der Waals surface area contributed by atoms with E-state index in [1.54, 1.807) is 0 Å². The summed E-state index contributed by atoms with van der Waals surface area (Å²) in [6.07, 6.45) is 5.31. The highest BCUT2D eigenvalue weighted by molar-refractivity contribution is 5.49. The number of benzene rings is 1. The Hall–Kier alpha value is -1.02. The van der Waals surface area contributed by atoms with Crippen LogP contribution in [0.5, 0.6) is 0 Å².